The molecule has 128 valence electrons. The van der Waals surface area contributed by atoms with Gasteiger partial charge in [-0.25, -0.2) is 0 Å². The predicted molar refractivity (Wildman–Crippen MR) is 96.9 cm³/mol. The average molecular weight is 411 g/mol. The minimum atomic E-state index is -0.809. The summed E-state index contributed by atoms with van der Waals surface area (Å²) in [4.78, 5) is 14.8. The van der Waals surface area contributed by atoms with Crippen molar-refractivity contribution in [2.24, 2.45) is 5.92 Å². The third-order valence-corrected chi connectivity index (χ3v) is 6.23. The molecule has 5 nitrogen and oxygen atoms in total. The van der Waals surface area contributed by atoms with Gasteiger partial charge in [-0.1, -0.05) is 15.9 Å². The third kappa shape index (κ3) is 2.36. The number of carbonyl (C=O) groups is 1. The zero-order valence-corrected chi connectivity index (χ0v) is 15.8. The molecule has 0 aliphatic carbocycles. The molecule has 0 aromatic heterocycles. The number of carbonyl (C=O) groups excluding carboxylic acids is 1. The fraction of sp³-hybridized carbons (Fsp3) is 0.529. The zero-order valence-electron chi connectivity index (χ0n) is 13.4. The van der Waals surface area contributed by atoms with Crippen molar-refractivity contribution < 1.29 is 14.3 Å². The van der Waals surface area contributed by atoms with Crippen LogP contribution in [0.4, 0.5) is 0 Å². The quantitative estimate of drug-likeness (QED) is 0.720. The first kappa shape index (κ1) is 16.3. The molecule has 3 heterocycles. The highest BCUT2D eigenvalue weighted by Gasteiger charge is 2.56. The van der Waals surface area contributed by atoms with E-state index in [1.165, 1.54) is 0 Å². The lowest BCUT2D eigenvalue weighted by atomic mass is 9.77. The number of thiocarbonyl (C=S) groups is 1. The van der Waals surface area contributed by atoms with E-state index in [1.807, 2.05) is 30.1 Å². The summed E-state index contributed by atoms with van der Waals surface area (Å²) in [7, 11) is 1.88. The summed E-state index contributed by atoms with van der Waals surface area (Å²) < 4.78 is 12.9. The molecule has 1 N–H and O–H groups in total. The number of hydrogen-bond donors (Lipinski definition) is 1. The van der Waals surface area contributed by atoms with E-state index in [0.717, 1.165) is 35.2 Å². The van der Waals surface area contributed by atoms with E-state index in [0.29, 0.717) is 24.1 Å². The van der Waals surface area contributed by atoms with Crippen molar-refractivity contribution in [1.29, 1.82) is 0 Å². The molecular formula is C17H19BrN2O3S. The second-order valence-electron chi connectivity index (χ2n) is 6.66. The summed E-state index contributed by atoms with van der Waals surface area (Å²) >= 11 is 8.86. The number of hydrogen-bond acceptors (Lipinski definition) is 4. The molecule has 3 atom stereocenters. The second kappa shape index (κ2) is 5.97. The molecular weight excluding hydrogens is 392 g/mol. The van der Waals surface area contributed by atoms with Crippen LogP contribution < -0.4 is 10.1 Å². The Morgan fingerprint density at radius 3 is 2.96 bits per heavy atom. The molecule has 0 bridgehead atoms. The minimum absolute atomic E-state index is 0.0620. The number of rotatable bonds is 1. The van der Waals surface area contributed by atoms with E-state index in [-0.39, 0.29) is 12.0 Å². The summed E-state index contributed by atoms with van der Waals surface area (Å²) in [5, 5.41) is 3.29. The Morgan fingerprint density at radius 1 is 1.46 bits per heavy atom. The maximum Gasteiger partial charge on any atom is 0.257 e. The van der Waals surface area contributed by atoms with Crippen LogP contribution in [0.2, 0.25) is 0 Å². The average Bonchev–Trinajstić information content (AvgIpc) is 2.80. The van der Waals surface area contributed by atoms with Crippen LogP contribution in [0.25, 0.3) is 0 Å². The van der Waals surface area contributed by atoms with Crippen LogP contribution in [0.5, 0.6) is 5.75 Å². The highest BCUT2D eigenvalue weighted by molar-refractivity contribution is 9.10. The standard InChI is InChI=1S/C17H19BrN2O3S/c1-20-16(24)19-15(21)17(20)8-14(10-3-2-6-22-9-10)23-13-5-4-11(18)7-12(13)17/h4-5,7,10,14H,2-3,6,8-9H2,1H3,(H,19,21,24). The van der Waals surface area contributed by atoms with Gasteiger partial charge in [-0.2, -0.15) is 0 Å². The summed E-state index contributed by atoms with van der Waals surface area (Å²) in [6.45, 7) is 1.49. The van der Waals surface area contributed by atoms with Crippen LogP contribution in [0.15, 0.2) is 22.7 Å². The van der Waals surface area contributed by atoms with Gasteiger partial charge in [-0.15, -0.1) is 0 Å². The van der Waals surface area contributed by atoms with Gasteiger partial charge in [-0.3, -0.25) is 4.79 Å². The maximum atomic E-state index is 12.9. The fourth-order valence-electron chi connectivity index (χ4n) is 4.00. The Labute approximate surface area is 154 Å². The van der Waals surface area contributed by atoms with Crippen molar-refractivity contribution in [3.05, 3.63) is 28.2 Å². The Kier molecular flexibility index (Phi) is 4.05. The monoisotopic (exact) mass is 410 g/mol. The molecule has 7 heteroatoms. The van der Waals surface area contributed by atoms with E-state index < -0.39 is 5.54 Å². The number of halogens is 1. The van der Waals surface area contributed by atoms with Gasteiger partial charge >= 0.3 is 0 Å². The van der Waals surface area contributed by atoms with E-state index in [9.17, 15) is 4.79 Å². The molecule has 24 heavy (non-hydrogen) atoms. The summed E-state index contributed by atoms with van der Waals surface area (Å²) in [6.07, 6.45) is 2.61. The van der Waals surface area contributed by atoms with E-state index in [1.54, 1.807) is 0 Å². The predicted octanol–water partition coefficient (Wildman–Crippen LogP) is 2.57. The van der Waals surface area contributed by atoms with Crippen molar-refractivity contribution in [3.63, 3.8) is 0 Å². The van der Waals surface area contributed by atoms with Crippen LogP contribution >= 0.6 is 28.1 Å². The van der Waals surface area contributed by atoms with Crippen LogP contribution in [-0.4, -0.2) is 42.3 Å². The van der Waals surface area contributed by atoms with Gasteiger partial charge in [-0.05, 0) is 43.3 Å². The summed E-state index contributed by atoms with van der Waals surface area (Å²) in [5.41, 5.74) is 0.0565. The van der Waals surface area contributed by atoms with E-state index in [4.69, 9.17) is 21.7 Å². The van der Waals surface area contributed by atoms with Crippen LogP contribution in [0, 0.1) is 5.92 Å². The van der Waals surface area contributed by atoms with Gasteiger partial charge in [0.25, 0.3) is 5.91 Å². The van der Waals surface area contributed by atoms with Crippen LogP contribution in [0.3, 0.4) is 0 Å². The highest BCUT2D eigenvalue weighted by atomic mass is 79.9. The van der Waals surface area contributed by atoms with Crippen molar-refractivity contribution in [2.45, 2.75) is 30.9 Å². The van der Waals surface area contributed by atoms with Crippen molar-refractivity contribution >= 4 is 39.2 Å². The normalized spacial score (nSPS) is 32.5. The Bertz CT molecular complexity index is 707. The molecule has 4 rings (SSSR count). The first-order chi connectivity index (χ1) is 11.5. The molecule has 1 aromatic carbocycles. The number of likely N-dealkylation sites (N-methyl/N-ethyl adjacent to an activating group) is 1. The number of amides is 1. The van der Waals surface area contributed by atoms with Crippen molar-refractivity contribution in [3.8, 4) is 5.75 Å². The maximum absolute atomic E-state index is 12.9. The third-order valence-electron chi connectivity index (χ3n) is 5.36. The SMILES string of the molecule is CN1C(=S)NC(=O)C12CC(C1CCCOC1)Oc1ccc(Br)cc12. The lowest BCUT2D eigenvalue weighted by Gasteiger charge is -2.44. The Morgan fingerprint density at radius 2 is 2.29 bits per heavy atom. The minimum Gasteiger partial charge on any atom is -0.490 e. The Balaban J connectivity index is 1.80. The first-order valence-corrected chi connectivity index (χ1v) is 9.36. The molecule has 2 saturated heterocycles. The largest absolute Gasteiger partial charge is 0.490 e. The number of ether oxygens (including phenoxy) is 2. The summed E-state index contributed by atoms with van der Waals surface area (Å²) in [6, 6.07) is 5.84. The summed E-state index contributed by atoms with van der Waals surface area (Å²) in [5.74, 6) is 0.980. The van der Waals surface area contributed by atoms with Gasteiger partial charge < -0.3 is 19.7 Å². The second-order valence-corrected chi connectivity index (χ2v) is 7.96. The van der Waals surface area contributed by atoms with E-state index in [2.05, 4.69) is 21.2 Å². The lowest BCUT2D eigenvalue weighted by Crippen LogP contribution is -2.53. The molecule has 2 fully saturated rings. The smallest absolute Gasteiger partial charge is 0.257 e. The topological polar surface area (TPSA) is 50.8 Å². The van der Waals surface area contributed by atoms with Gasteiger partial charge in [0.1, 0.15) is 11.9 Å². The molecule has 1 spiro atoms. The van der Waals surface area contributed by atoms with Crippen LogP contribution in [-0.2, 0) is 15.1 Å². The fourth-order valence-corrected chi connectivity index (χ4v) is 4.61. The number of benzene rings is 1. The van der Waals surface area contributed by atoms with Gasteiger partial charge in [0, 0.05) is 36.0 Å². The molecule has 3 aliphatic rings. The molecule has 0 radical (unpaired) electrons. The molecule has 3 unspecified atom stereocenters. The van der Waals surface area contributed by atoms with E-state index >= 15 is 0 Å². The van der Waals surface area contributed by atoms with Gasteiger partial charge in [0.15, 0.2) is 10.7 Å². The molecule has 1 aromatic rings. The molecule has 1 amide bonds. The van der Waals surface area contributed by atoms with Gasteiger partial charge in [0.2, 0.25) is 0 Å². The lowest BCUT2D eigenvalue weighted by molar-refractivity contribution is -0.130. The van der Waals surface area contributed by atoms with Gasteiger partial charge in [0.05, 0.1) is 6.61 Å². The number of fused-ring (bicyclic) bond motifs is 2. The van der Waals surface area contributed by atoms with Crippen LogP contribution in [0.1, 0.15) is 24.8 Å². The molecule has 0 saturated carbocycles. The van der Waals surface area contributed by atoms with Crippen molar-refractivity contribution in [2.75, 3.05) is 20.3 Å². The number of nitrogens with zero attached hydrogens (tertiary/aromatic N) is 1. The van der Waals surface area contributed by atoms with Crippen molar-refractivity contribution in [1.82, 2.24) is 10.2 Å². The zero-order chi connectivity index (χ0) is 16.9. The number of nitrogens with one attached hydrogen (secondary N) is 1. The first-order valence-electron chi connectivity index (χ1n) is 8.16. The molecule has 3 aliphatic heterocycles. The highest BCUT2D eigenvalue weighted by Crippen LogP contribution is 2.48. The Hall–Kier alpha value is -1.18.